The lowest BCUT2D eigenvalue weighted by Gasteiger charge is -2.54. The van der Waals surface area contributed by atoms with Gasteiger partial charge in [-0.3, -0.25) is 4.90 Å². The molecule has 5 N–H and O–H groups in total. The summed E-state index contributed by atoms with van der Waals surface area (Å²) in [5.41, 5.74) is 4.27. The smallest absolute Gasteiger partial charge is 0.414 e. The summed E-state index contributed by atoms with van der Waals surface area (Å²) in [6, 6.07) is 32.1. The molecule has 3 heterocycles. The highest BCUT2D eigenvalue weighted by Gasteiger charge is 2.46. The molecule has 8 heteroatoms. The van der Waals surface area contributed by atoms with Crippen LogP contribution in [0.5, 0.6) is 0 Å². The number of carboxylic acids is 2. The van der Waals surface area contributed by atoms with Crippen LogP contribution in [0.4, 0.5) is 0 Å². The maximum Gasteiger partial charge on any atom is 0.414 e. The van der Waals surface area contributed by atoms with Crippen molar-refractivity contribution < 1.29 is 25.3 Å². The molecule has 3 fully saturated rings. The maximum absolute atomic E-state index is 9.10. The Hall–Kier alpha value is -2.79. The number of hydrogen-bond donors (Lipinski definition) is 3. The summed E-state index contributed by atoms with van der Waals surface area (Å²) < 4.78 is 1.35. The first-order valence-electron chi connectivity index (χ1n) is 12.2. The summed E-state index contributed by atoms with van der Waals surface area (Å²) >= 11 is 2.46. The van der Waals surface area contributed by atoms with Crippen molar-refractivity contribution in [2.24, 2.45) is 5.92 Å². The molecular weight excluding hydrogens is 583 g/mol. The van der Waals surface area contributed by atoms with Gasteiger partial charge in [0.25, 0.3) is 0 Å². The van der Waals surface area contributed by atoms with Gasteiger partial charge in [-0.15, -0.1) is 0 Å². The zero-order valence-corrected chi connectivity index (χ0v) is 22.6. The van der Waals surface area contributed by atoms with Gasteiger partial charge in [-0.25, -0.2) is 9.59 Å². The number of fused-ring (bicyclic) bond motifs is 3. The molecule has 7 nitrogen and oxygen atoms in total. The third kappa shape index (κ3) is 7.16. The van der Waals surface area contributed by atoms with Gasteiger partial charge in [-0.05, 0) is 77.2 Å². The van der Waals surface area contributed by atoms with Crippen LogP contribution >= 0.6 is 22.6 Å². The van der Waals surface area contributed by atoms with Crippen molar-refractivity contribution in [1.29, 1.82) is 0 Å². The number of carboxylic acid groups (broad SMARTS) is 2. The molecular formula is C29H33IN2O5. The molecule has 0 amide bonds. The van der Waals surface area contributed by atoms with Gasteiger partial charge in [-0.2, -0.15) is 0 Å². The standard InChI is InChI=1S/C27H29IN2.C2H2O4.H2O/c28-24-14-8-7-13-23(24)19-29-26-22-15-17-30(18-16-22)27(26)25(20-9-3-1-4-10-20)21-11-5-2-6-12-21;3-1(4)2(5)6;/h1-14,22,25-27,29H,15-19H2;(H,3,4)(H,5,6);1H2/t26-,27-;;/m1../s1. The molecule has 3 aromatic carbocycles. The molecule has 0 aliphatic carbocycles. The monoisotopic (exact) mass is 616 g/mol. The minimum atomic E-state index is -1.82. The Morgan fingerprint density at radius 2 is 1.32 bits per heavy atom. The van der Waals surface area contributed by atoms with E-state index < -0.39 is 11.9 Å². The second kappa shape index (κ2) is 13.7. The van der Waals surface area contributed by atoms with Gasteiger partial charge < -0.3 is 21.0 Å². The van der Waals surface area contributed by atoms with Crippen molar-refractivity contribution in [1.82, 2.24) is 10.2 Å². The minimum Gasteiger partial charge on any atom is -0.473 e. The first-order chi connectivity index (χ1) is 17.5. The number of piperidine rings is 3. The average Bonchev–Trinajstić information content (AvgIpc) is 2.91. The number of nitrogens with zero attached hydrogens (tertiary/aromatic N) is 1. The van der Waals surface area contributed by atoms with Crippen LogP contribution in [-0.4, -0.2) is 57.7 Å². The van der Waals surface area contributed by atoms with E-state index in [0.717, 1.165) is 12.5 Å². The minimum absolute atomic E-state index is 0. The second-order valence-corrected chi connectivity index (χ2v) is 10.4. The number of hydrogen-bond acceptors (Lipinski definition) is 4. The van der Waals surface area contributed by atoms with Gasteiger partial charge in [0.2, 0.25) is 0 Å². The number of nitrogens with one attached hydrogen (secondary N) is 1. The second-order valence-electron chi connectivity index (χ2n) is 9.27. The van der Waals surface area contributed by atoms with Crippen LogP contribution in [0, 0.1) is 9.49 Å². The van der Waals surface area contributed by atoms with Crippen molar-refractivity contribution in [3.63, 3.8) is 0 Å². The molecule has 0 aromatic heterocycles. The van der Waals surface area contributed by atoms with Crippen molar-refractivity contribution in [3.8, 4) is 0 Å². The van der Waals surface area contributed by atoms with Crippen LogP contribution < -0.4 is 5.32 Å². The third-order valence-electron chi connectivity index (χ3n) is 7.20. The normalized spacial score (nSPS) is 21.9. The van der Waals surface area contributed by atoms with E-state index in [1.165, 1.54) is 46.2 Å². The van der Waals surface area contributed by atoms with Crippen LogP contribution in [0.3, 0.4) is 0 Å². The zero-order chi connectivity index (χ0) is 25.5. The van der Waals surface area contributed by atoms with Gasteiger partial charge in [0.15, 0.2) is 0 Å². The van der Waals surface area contributed by atoms with E-state index >= 15 is 0 Å². The molecule has 0 radical (unpaired) electrons. The number of aliphatic carboxylic acids is 2. The molecule has 0 unspecified atom stereocenters. The largest absolute Gasteiger partial charge is 0.473 e. The van der Waals surface area contributed by atoms with Crippen molar-refractivity contribution >= 4 is 34.5 Å². The zero-order valence-electron chi connectivity index (χ0n) is 20.5. The SMILES string of the molecule is Ic1ccccc1CN[C@@H]1C2CCN(CC2)[C@@H]1C(c1ccccc1)c1ccccc1.O.O=C(O)C(=O)O. The third-order valence-corrected chi connectivity index (χ3v) is 8.25. The molecule has 2 bridgehead atoms. The molecule has 2 atom stereocenters. The summed E-state index contributed by atoms with van der Waals surface area (Å²) in [5.74, 6) is -2.50. The Kier molecular flexibility index (Phi) is 10.6. The van der Waals surface area contributed by atoms with Crippen LogP contribution in [0.25, 0.3) is 0 Å². The fourth-order valence-corrected chi connectivity index (χ4v) is 6.14. The van der Waals surface area contributed by atoms with E-state index in [9.17, 15) is 0 Å². The van der Waals surface area contributed by atoms with Crippen LogP contribution in [0.1, 0.15) is 35.4 Å². The first-order valence-corrected chi connectivity index (χ1v) is 13.3. The molecule has 0 spiro atoms. The molecule has 3 aliphatic heterocycles. The summed E-state index contributed by atoms with van der Waals surface area (Å²) in [4.78, 5) is 21.0. The van der Waals surface area contributed by atoms with E-state index in [4.69, 9.17) is 19.8 Å². The van der Waals surface area contributed by atoms with E-state index in [1.807, 2.05) is 0 Å². The van der Waals surface area contributed by atoms with Gasteiger partial charge in [-0.1, -0.05) is 78.9 Å². The predicted molar refractivity (Wildman–Crippen MR) is 151 cm³/mol. The lowest BCUT2D eigenvalue weighted by atomic mass is 9.70. The maximum atomic E-state index is 9.10. The number of carbonyl (C=O) groups is 2. The lowest BCUT2D eigenvalue weighted by Crippen LogP contribution is -2.64. The Bertz CT molecular complexity index is 1100. The Morgan fingerprint density at radius 3 is 1.81 bits per heavy atom. The first kappa shape index (κ1) is 28.8. The topological polar surface area (TPSA) is 121 Å². The van der Waals surface area contributed by atoms with Gasteiger partial charge >= 0.3 is 11.9 Å². The fourth-order valence-electron chi connectivity index (χ4n) is 5.57. The highest BCUT2D eigenvalue weighted by atomic mass is 127. The van der Waals surface area contributed by atoms with E-state index in [0.29, 0.717) is 18.0 Å². The summed E-state index contributed by atoms with van der Waals surface area (Å²) in [5, 5.41) is 18.8. The van der Waals surface area contributed by atoms with Gasteiger partial charge in [0.05, 0.1) is 0 Å². The van der Waals surface area contributed by atoms with Crippen molar-refractivity contribution in [3.05, 3.63) is 105 Å². The number of rotatable bonds is 6. The molecule has 3 aliphatic rings. The summed E-state index contributed by atoms with van der Waals surface area (Å²) in [6.07, 6.45) is 2.63. The van der Waals surface area contributed by atoms with Gasteiger partial charge in [0, 0.05) is 28.1 Å². The summed E-state index contributed by atoms with van der Waals surface area (Å²) in [6.45, 7) is 3.40. The highest BCUT2D eigenvalue weighted by molar-refractivity contribution is 14.1. The van der Waals surface area contributed by atoms with E-state index in [-0.39, 0.29) is 5.48 Å². The fraction of sp³-hybridized carbons (Fsp3) is 0.310. The van der Waals surface area contributed by atoms with Gasteiger partial charge in [0.1, 0.15) is 0 Å². The molecule has 0 saturated carbocycles. The Balaban J connectivity index is 0.000000489. The molecule has 6 rings (SSSR count). The highest BCUT2D eigenvalue weighted by Crippen LogP contribution is 2.42. The van der Waals surface area contributed by atoms with Crippen LogP contribution in [0.15, 0.2) is 84.9 Å². The predicted octanol–water partition coefficient (Wildman–Crippen LogP) is 4.01. The quantitative estimate of drug-likeness (QED) is 0.285. The Labute approximate surface area is 231 Å². The summed E-state index contributed by atoms with van der Waals surface area (Å²) in [7, 11) is 0. The molecule has 196 valence electrons. The van der Waals surface area contributed by atoms with Crippen molar-refractivity contribution in [2.45, 2.75) is 37.4 Å². The van der Waals surface area contributed by atoms with E-state index in [1.54, 1.807) is 0 Å². The molecule has 3 aromatic rings. The van der Waals surface area contributed by atoms with E-state index in [2.05, 4.69) is 118 Å². The number of benzene rings is 3. The van der Waals surface area contributed by atoms with Crippen LogP contribution in [-0.2, 0) is 16.1 Å². The van der Waals surface area contributed by atoms with Crippen molar-refractivity contribution in [2.75, 3.05) is 13.1 Å². The number of halogens is 1. The average molecular weight is 616 g/mol. The lowest BCUT2D eigenvalue weighted by molar-refractivity contribution is -0.159. The Morgan fingerprint density at radius 1 is 0.838 bits per heavy atom. The van der Waals surface area contributed by atoms with Crippen LogP contribution in [0.2, 0.25) is 0 Å². The molecule has 3 saturated heterocycles. The molecule has 37 heavy (non-hydrogen) atoms.